The van der Waals surface area contributed by atoms with E-state index in [2.05, 4.69) is 222 Å². The Morgan fingerprint density at radius 1 is 0.390 bits per heavy atom. The van der Waals surface area contributed by atoms with E-state index in [1.54, 1.807) is 0 Å². The fourth-order valence-electron chi connectivity index (χ4n) is 10.9. The molecule has 0 spiro atoms. The second-order valence-electron chi connectivity index (χ2n) is 16.0. The van der Waals surface area contributed by atoms with Gasteiger partial charge in [-0.1, -0.05) is 182 Å². The molecule has 1 N–H and O–H groups in total. The summed E-state index contributed by atoms with van der Waals surface area (Å²) in [6.07, 6.45) is 0. The molecule has 2 heteroatoms. The van der Waals surface area contributed by atoms with Gasteiger partial charge < -0.3 is 9.88 Å². The van der Waals surface area contributed by atoms with Crippen molar-refractivity contribution in [2.75, 3.05) is 5.32 Å². The third-order valence-electron chi connectivity index (χ3n) is 13.1. The van der Waals surface area contributed by atoms with Gasteiger partial charge in [0, 0.05) is 38.8 Å². The molecule has 0 amide bonds. The third kappa shape index (κ3) is 4.35. The fraction of sp³-hybridized carbons (Fsp3) is 0.0175. The van der Waals surface area contributed by atoms with Crippen LogP contribution in [0.1, 0.15) is 22.3 Å². The number of nitrogens with one attached hydrogen (secondary N) is 1. The SMILES string of the molecule is c1ccc(-c2cccc(Nc3ccc4c5c3C(c3cccc6ccccc36)(c3cccc6ccccc36)c3ccc6c7ccccc7n(c6c3-5)-c3ccccc3-4)c2)cc1. The lowest BCUT2D eigenvalue weighted by atomic mass is 9.64. The molecule has 59 heavy (non-hydrogen) atoms. The minimum atomic E-state index is -0.719. The number of para-hydroxylation sites is 2. The van der Waals surface area contributed by atoms with Crippen LogP contribution in [-0.2, 0) is 5.41 Å². The van der Waals surface area contributed by atoms with Crippen LogP contribution >= 0.6 is 0 Å². The van der Waals surface area contributed by atoms with E-state index in [9.17, 15) is 0 Å². The first-order chi connectivity index (χ1) is 29.3. The van der Waals surface area contributed by atoms with E-state index >= 15 is 0 Å². The molecule has 11 aromatic rings. The van der Waals surface area contributed by atoms with Gasteiger partial charge in [-0.2, -0.15) is 0 Å². The molecule has 13 rings (SSSR count). The molecule has 2 aliphatic rings. The highest BCUT2D eigenvalue weighted by Gasteiger charge is 2.52. The Morgan fingerprint density at radius 2 is 1.02 bits per heavy atom. The zero-order valence-electron chi connectivity index (χ0n) is 32.2. The number of hydrogen-bond acceptors (Lipinski definition) is 1. The van der Waals surface area contributed by atoms with E-state index in [4.69, 9.17) is 0 Å². The van der Waals surface area contributed by atoms with Gasteiger partial charge in [0.05, 0.1) is 22.1 Å². The van der Waals surface area contributed by atoms with Crippen molar-refractivity contribution < 1.29 is 0 Å². The Hall–Kier alpha value is -7.68. The van der Waals surface area contributed by atoms with E-state index in [0.717, 1.165) is 11.4 Å². The maximum Gasteiger partial charge on any atom is 0.0746 e. The Bertz CT molecular complexity index is 3450. The first-order valence-electron chi connectivity index (χ1n) is 20.5. The molecule has 0 bridgehead atoms. The van der Waals surface area contributed by atoms with Crippen LogP contribution in [0.4, 0.5) is 11.4 Å². The van der Waals surface area contributed by atoms with Crippen molar-refractivity contribution in [1.82, 2.24) is 4.57 Å². The predicted octanol–water partition coefficient (Wildman–Crippen LogP) is 14.8. The molecular formula is C57H36N2. The topological polar surface area (TPSA) is 17.0 Å². The van der Waals surface area contributed by atoms with Gasteiger partial charge in [0.15, 0.2) is 0 Å². The largest absolute Gasteiger partial charge is 0.355 e. The molecule has 0 saturated heterocycles. The fourth-order valence-corrected chi connectivity index (χ4v) is 10.9. The van der Waals surface area contributed by atoms with Crippen molar-refractivity contribution in [3.05, 3.63) is 235 Å². The quantitative estimate of drug-likeness (QED) is 0.185. The molecule has 274 valence electrons. The maximum atomic E-state index is 4.10. The molecule has 0 atom stereocenters. The highest BCUT2D eigenvalue weighted by Crippen LogP contribution is 2.65. The molecule has 2 heterocycles. The van der Waals surface area contributed by atoms with E-state index in [1.807, 2.05) is 0 Å². The van der Waals surface area contributed by atoms with Gasteiger partial charge in [0.25, 0.3) is 0 Å². The summed E-state index contributed by atoms with van der Waals surface area (Å²) in [6, 6.07) is 78.8. The molecule has 1 aromatic heterocycles. The Labute approximate surface area is 342 Å². The van der Waals surface area contributed by atoms with Gasteiger partial charge >= 0.3 is 0 Å². The number of aromatic nitrogens is 1. The summed E-state index contributed by atoms with van der Waals surface area (Å²) in [5.74, 6) is 0. The summed E-state index contributed by atoms with van der Waals surface area (Å²) in [4.78, 5) is 0. The van der Waals surface area contributed by atoms with Gasteiger partial charge in [-0.25, -0.2) is 0 Å². The number of nitrogens with zero attached hydrogens (tertiary/aromatic N) is 1. The smallest absolute Gasteiger partial charge is 0.0746 e. The lowest BCUT2D eigenvalue weighted by Gasteiger charge is -2.37. The zero-order chi connectivity index (χ0) is 38.7. The second-order valence-corrected chi connectivity index (χ2v) is 16.0. The normalized spacial score (nSPS) is 13.2. The van der Waals surface area contributed by atoms with E-state index < -0.39 is 5.41 Å². The van der Waals surface area contributed by atoms with Crippen LogP contribution in [0.2, 0.25) is 0 Å². The number of rotatable bonds is 5. The summed E-state index contributed by atoms with van der Waals surface area (Å²) in [5.41, 5.74) is 17.7. The van der Waals surface area contributed by atoms with E-state index in [1.165, 1.54) is 105 Å². The molecule has 10 aromatic carbocycles. The van der Waals surface area contributed by atoms with Crippen molar-refractivity contribution in [3.8, 4) is 39.1 Å². The van der Waals surface area contributed by atoms with Crippen LogP contribution in [0.5, 0.6) is 0 Å². The molecule has 1 aliphatic heterocycles. The van der Waals surface area contributed by atoms with Crippen LogP contribution in [0.25, 0.3) is 82.4 Å². The second kappa shape index (κ2) is 12.2. The molecule has 0 radical (unpaired) electrons. The van der Waals surface area contributed by atoms with Crippen LogP contribution in [0.3, 0.4) is 0 Å². The number of hydrogen-bond donors (Lipinski definition) is 1. The summed E-state index contributed by atoms with van der Waals surface area (Å²) >= 11 is 0. The highest BCUT2D eigenvalue weighted by atomic mass is 15.0. The van der Waals surface area contributed by atoms with Gasteiger partial charge in [-0.3, -0.25) is 0 Å². The number of fused-ring (bicyclic) bond motifs is 8. The van der Waals surface area contributed by atoms with Crippen LogP contribution in [-0.4, -0.2) is 4.57 Å². The molecule has 0 saturated carbocycles. The van der Waals surface area contributed by atoms with E-state index in [0.29, 0.717) is 0 Å². The van der Waals surface area contributed by atoms with Crippen molar-refractivity contribution >= 4 is 54.7 Å². The van der Waals surface area contributed by atoms with Crippen LogP contribution < -0.4 is 5.32 Å². The Kier molecular flexibility index (Phi) is 6.68. The minimum absolute atomic E-state index is 0.719. The predicted molar refractivity (Wildman–Crippen MR) is 247 cm³/mol. The maximum absolute atomic E-state index is 4.10. The molecule has 2 nitrogen and oxygen atoms in total. The first kappa shape index (κ1) is 32.4. The standard InChI is InChI=1S/C57H36N2/c1-2-15-36(16-3-1)39-21-12-22-40(35-39)58-50-34-32-45-43-25-8-10-29-51(43)59-52-30-11-9-26-44(52)46-31-33-49-54(56(46)59)53(45)55(50)57(49,47-27-13-19-37-17-4-6-23-41(37)47)48-28-14-20-38-18-5-7-24-42(38)48/h1-35,58H. The Balaban J connectivity index is 1.26. The third-order valence-corrected chi connectivity index (χ3v) is 13.1. The lowest BCUT2D eigenvalue weighted by molar-refractivity contribution is 0.787. The van der Waals surface area contributed by atoms with Crippen LogP contribution in [0, 0.1) is 0 Å². The highest BCUT2D eigenvalue weighted by molar-refractivity contribution is 6.20. The molecule has 0 unspecified atom stereocenters. The van der Waals surface area contributed by atoms with Crippen LogP contribution in [0.15, 0.2) is 212 Å². The average Bonchev–Trinajstić information content (AvgIpc) is 3.76. The summed E-state index contributed by atoms with van der Waals surface area (Å²) in [6.45, 7) is 0. The minimum Gasteiger partial charge on any atom is -0.355 e. The summed E-state index contributed by atoms with van der Waals surface area (Å²) < 4.78 is 2.56. The van der Waals surface area contributed by atoms with Crippen molar-refractivity contribution in [2.45, 2.75) is 5.41 Å². The summed E-state index contributed by atoms with van der Waals surface area (Å²) in [7, 11) is 0. The van der Waals surface area contributed by atoms with Crippen molar-refractivity contribution in [2.24, 2.45) is 0 Å². The summed E-state index contributed by atoms with van der Waals surface area (Å²) in [5, 5.41) is 11.6. The monoisotopic (exact) mass is 748 g/mol. The first-order valence-corrected chi connectivity index (χ1v) is 20.5. The number of benzene rings is 10. The Morgan fingerprint density at radius 3 is 1.80 bits per heavy atom. The zero-order valence-corrected chi connectivity index (χ0v) is 32.2. The van der Waals surface area contributed by atoms with Crippen molar-refractivity contribution in [3.63, 3.8) is 0 Å². The van der Waals surface area contributed by atoms with Gasteiger partial charge in [-0.15, -0.1) is 0 Å². The average molecular weight is 749 g/mol. The van der Waals surface area contributed by atoms with Gasteiger partial charge in [-0.05, 0) is 90.8 Å². The molecule has 1 aliphatic carbocycles. The van der Waals surface area contributed by atoms with Gasteiger partial charge in [0.2, 0.25) is 0 Å². The van der Waals surface area contributed by atoms with Crippen molar-refractivity contribution in [1.29, 1.82) is 0 Å². The lowest BCUT2D eigenvalue weighted by Crippen LogP contribution is -2.30. The number of anilines is 2. The molecule has 0 fully saturated rings. The van der Waals surface area contributed by atoms with Gasteiger partial charge in [0.1, 0.15) is 0 Å². The van der Waals surface area contributed by atoms with E-state index in [-0.39, 0.29) is 0 Å². The molecular weight excluding hydrogens is 713 g/mol.